The molecular formula is C14H19NO2S. The quantitative estimate of drug-likeness (QED) is 0.769. The number of anilines is 1. The van der Waals surface area contributed by atoms with E-state index in [4.69, 9.17) is 5.11 Å². The van der Waals surface area contributed by atoms with Gasteiger partial charge in [0.15, 0.2) is 0 Å². The van der Waals surface area contributed by atoms with Crippen molar-refractivity contribution in [2.24, 2.45) is 5.92 Å². The van der Waals surface area contributed by atoms with E-state index in [0.717, 1.165) is 18.0 Å². The predicted octanol–water partition coefficient (Wildman–Crippen LogP) is 3.10. The Labute approximate surface area is 112 Å². The Morgan fingerprint density at radius 3 is 2.56 bits per heavy atom. The van der Waals surface area contributed by atoms with E-state index >= 15 is 0 Å². The van der Waals surface area contributed by atoms with Crippen LogP contribution in [-0.2, 0) is 4.79 Å². The van der Waals surface area contributed by atoms with Gasteiger partial charge in [0.25, 0.3) is 0 Å². The van der Waals surface area contributed by atoms with Gasteiger partial charge >= 0.3 is 5.97 Å². The van der Waals surface area contributed by atoms with Crippen molar-refractivity contribution < 1.29 is 9.90 Å². The molecule has 1 aliphatic rings. The molecule has 0 amide bonds. The molecule has 1 aromatic rings. The Morgan fingerprint density at radius 1 is 1.39 bits per heavy atom. The fourth-order valence-corrected chi connectivity index (χ4v) is 2.62. The van der Waals surface area contributed by atoms with Crippen molar-refractivity contribution in [2.45, 2.75) is 24.7 Å². The minimum Gasteiger partial charge on any atom is -0.480 e. The van der Waals surface area contributed by atoms with Gasteiger partial charge in [0.05, 0.1) is 0 Å². The summed E-state index contributed by atoms with van der Waals surface area (Å²) in [5, 5.41) is 8.97. The summed E-state index contributed by atoms with van der Waals surface area (Å²) < 4.78 is 0. The van der Waals surface area contributed by atoms with Crippen LogP contribution in [0.5, 0.6) is 0 Å². The molecule has 0 aromatic heterocycles. The molecule has 4 heteroatoms. The number of aliphatic carboxylic acids is 1. The molecular weight excluding hydrogens is 246 g/mol. The summed E-state index contributed by atoms with van der Waals surface area (Å²) in [6.45, 7) is 3.09. The van der Waals surface area contributed by atoms with E-state index in [0.29, 0.717) is 5.92 Å². The third-order valence-corrected chi connectivity index (χ3v) is 3.91. The molecule has 1 aromatic carbocycles. The monoisotopic (exact) mass is 265 g/mol. The van der Waals surface area contributed by atoms with Crippen LogP contribution in [0.2, 0.25) is 0 Å². The molecule has 0 heterocycles. The molecule has 0 unspecified atom stereocenters. The maximum absolute atomic E-state index is 10.9. The Hall–Kier alpha value is -1.16. The first-order valence-electron chi connectivity index (χ1n) is 6.38. The summed E-state index contributed by atoms with van der Waals surface area (Å²) in [4.78, 5) is 14.1. The van der Waals surface area contributed by atoms with Gasteiger partial charge in [-0.05, 0) is 48.8 Å². The fraction of sp³-hybridized carbons (Fsp3) is 0.500. The number of carboxylic acids is 1. The van der Waals surface area contributed by atoms with Crippen LogP contribution in [0.15, 0.2) is 29.2 Å². The van der Waals surface area contributed by atoms with Gasteiger partial charge in [-0.15, -0.1) is 11.8 Å². The van der Waals surface area contributed by atoms with Crippen molar-refractivity contribution in [1.82, 2.24) is 0 Å². The second kappa shape index (κ2) is 6.14. The van der Waals surface area contributed by atoms with Gasteiger partial charge in [-0.25, -0.2) is 0 Å². The molecule has 1 saturated carbocycles. The van der Waals surface area contributed by atoms with Crippen molar-refractivity contribution in [3.63, 3.8) is 0 Å². The third kappa shape index (κ3) is 3.95. The normalized spacial score (nSPS) is 14.5. The lowest BCUT2D eigenvalue weighted by molar-refractivity contribution is -0.135. The van der Waals surface area contributed by atoms with E-state index in [1.54, 1.807) is 11.8 Å². The number of hydrogen-bond donors (Lipinski definition) is 1. The summed E-state index contributed by atoms with van der Waals surface area (Å²) in [7, 11) is 0. The van der Waals surface area contributed by atoms with E-state index < -0.39 is 5.97 Å². The van der Waals surface area contributed by atoms with E-state index in [1.165, 1.54) is 17.7 Å². The lowest BCUT2D eigenvalue weighted by Gasteiger charge is -2.23. The smallest absolute Gasteiger partial charge is 0.323 e. The highest BCUT2D eigenvalue weighted by Crippen LogP contribution is 2.31. The average Bonchev–Trinajstić information content (AvgIpc) is 3.13. The molecule has 98 valence electrons. The summed E-state index contributed by atoms with van der Waals surface area (Å²) >= 11 is 1.80. The molecule has 0 bridgehead atoms. The molecule has 0 aliphatic heterocycles. The summed E-state index contributed by atoms with van der Waals surface area (Å²) in [5.74, 6) is 0.983. The molecule has 1 aliphatic carbocycles. The highest BCUT2D eigenvalue weighted by molar-refractivity contribution is 7.99. The average molecular weight is 265 g/mol. The van der Waals surface area contributed by atoms with Crippen LogP contribution in [0.3, 0.4) is 0 Å². The second-order valence-corrected chi connectivity index (χ2v) is 5.98. The predicted molar refractivity (Wildman–Crippen MR) is 75.4 cm³/mol. The number of carboxylic acid groups (broad SMARTS) is 1. The summed E-state index contributed by atoms with van der Waals surface area (Å²) in [6, 6.07) is 8.21. The number of carbonyl (C=O) groups is 1. The summed E-state index contributed by atoms with van der Waals surface area (Å²) in [5.41, 5.74) is 1.02. The Morgan fingerprint density at radius 2 is 2.06 bits per heavy atom. The van der Waals surface area contributed by atoms with Gasteiger partial charge in [-0.2, -0.15) is 0 Å². The topological polar surface area (TPSA) is 40.5 Å². The Balaban J connectivity index is 2.05. The Bertz CT molecular complexity index is 401. The maximum atomic E-state index is 10.9. The highest BCUT2D eigenvalue weighted by Gasteiger charge is 2.25. The number of thioether (sulfide) groups is 1. The number of rotatable bonds is 7. The van der Waals surface area contributed by atoms with Crippen LogP contribution in [0, 0.1) is 5.92 Å². The standard InChI is InChI=1S/C14H19NO2S/c1-2-18-13-7-5-12(6-8-13)15(10-14(16)17)9-11-3-4-11/h5-8,11H,2-4,9-10H2,1H3,(H,16,17). The maximum Gasteiger partial charge on any atom is 0.323 e. The van der Waals surface area contributed by atoms with Crippen LogP contribution in [-0.4, -0.2) is 29.9 Å². The molecule has 2 rings (SSSR count). The number of nitrogens with zero attached hydrogens (tertiary/aromatic N) is 1. The van der Waals surface area contributed by atoms with Crippen molar-refractivity contribution >= 4 is 23.4 Å². The van der Waals surface area contributed by atoms with Crippen molar-refractivity contribution in [2.75, 3.05) is 23.7 Å². The zero-order chi connectivity index (χ0) is 13.0. The Kier molecular flexibility index (Phi) is 4.53. The van der Waals surface area contributed by atoms with Crippen LogP contribution in [0.4, 0.5) is 5.69 Å². The van der Waals surface area contributed by atoms with Gasteiger partial charge in [0.1, 0.15) is 6.54 Å². The van der Waals surface area contributed by atoms with E-state index in [9.17, 15) is 4.79 Å². The minimum absolute atomic E-state index is 0.0940. The van der Waals surface area contributed by atoms with Gasteiger partial charge in [-0.3, -0.25) is 4.79 Å². The van der Waals surface area contributed by atoms with Gasteiger partial charge in [0.2, 0.25) is 0 Å². The molecule has 1 fully saturated rings. The molecule has 0 radical (unpaired) electrons. The molecule has 3 nitrogen and oxygen atoms in total. The lowest BCUT2D eigenvalue weighted by atomic mass is 10.2. The largest absolute Gasteiger partial charge is 0.480 e. The molecule has 0 spiro atoms. The van der Waals surface area contributed by atoms with Crippen LogP contribution < -0.4 is 4.90 Å². The van der Waals surface area contributed by atoms with E-state index in [2.05, 4.69) is 19.1 Å². The van der Waals surface area contributed by atoms with Crippen molar-refractivity contribution in [1.29, 1.82) is 0 Å². The zero-order valence-electron chi connectivity index (χ0n) is 10.6. The number of benzene rings is 1. The first-order chi connectivity index (χ1) is 8.69. The van der Waals surface area contributed by atoms with Crippen LogP contribution in [0.25, 0.3) is 0 Å². The van der Waals surface area contributed by atoms with Crippen LogP contribution in [0.1, 0.15) is 19.8 Å². The lowest BCUT2D eigenvalue weighted by Crippen LogP contribution is -2.31. The minimum atomic E-state index is -0.761. The van der Waals surface area contributed by atoms with Crippen molar-refractivity contribution in [3.05, 3.63) is 24.3 Å². The van der Waals surface area contributed by atoms with E-state index in [-0.39, 0.29) is 6.54 Å². The summed E-state index contributed by atoms with van der Waals surface area (Å²) in [6.07, 6.45) is 2.47. The van der Waals surface area contributed by atoms with Gasteiger partial charge in [-0.1, -0.05) is 6.92 Å². The number of hydrogen-bond acceptors (Lipinski definition) is 3. The molecule has 0 saturated heterocycles. The highest BCUT2D eigenvalue weighted by atomic mass is 32.2. The molecule has 1 N–H and O–H groups in total. The fourth-order valence-electron chi connectivity index (χ4n) is 1.96. The first-order valence-corrected chi connectivity index (χ1v) is 7.37. The second-order valence-electron chi connectivity index (χ2n) is 4.64. The van der Waals surface area contributed by atoms with Gasteiger partial charge in [0, 0.05) is 17.1 Å². The van der Waals surface area contributed by atoms with E-state index in [1.807, 2.05) is 17.0 Å². The van der Waals surface area contributed by atoms with Crippen molar-refractivity contribution in [3.8, 4) is 0 Å². The van der Waals surface area contributed by atoms with Crippen LogP contribution >= 0.6 is 11.8 Å². The van der Waals surface area contributed by atoms with Gasteiger partial charge < -0.3 is 10.0 Å². The molecule has 0 atom stereocenters. The first kappa shape index (κ1) is 13.3. The SMILES string of the molecule is CCSc1ccc(N(CC(=O)O)CC2CC2)cc1. The molecule has 18 heavy (non-hydrogen) atoms. The zero-order valence-corrected chi connectivity index (χ0v) is 11.4. The third-order valence-electron chi connectivity index (χ3n) is 3.01.